The van der Waals surface area contributed by atoms with E-state index in [1.165, 1.54) is 7.11 Å². The van der Waals surface area contributed by atoms with E-state index in [0.717, 1.165) is 18.7 Å². The fraction of sp³-hybridized carbons (Fsp3) is 0.429. The van der Waals surface area contributed by atoms with Crippen molar-refractivity contribution in [2.45, 2.75) is 6.54 Å². The topological polar surface area (TPSA) is 89.2 Å². The molecular weight excluding hydrogens is 272 g/mol. The third-order valence-electron chi connectivity index (χ3n) is 3.14. The van der Waals surface area contributed by atoms with Crippen LogP contribution in [0.4, 0.5) is 10.5 Å². The maximum atomic E-state index is 11.1. The van der Waals surface area contributed by atoms with E-state index in [2.05, 4.69) is 15.0 Å². The summed E-state index contributed by atoms with van der Waals surface area (Å²) in [6.45, 7) is 3.42. The van der Waals surface area contributed by atoms with Crippen LogP contribution in [0.15, 0.2) is 29.3 Å². The summed E-state index contributed by atoms with van der Waals surface area (Å²) in [5.41, 5.74) is 7.65. The molecule has 21 heavy (non-hydrogen) atoms. The molecule has 1 aromatic rings. The minimum absolute atomic E-state index is 0.489. The summed E-state index contributed by atoms with van der Waals surface area (Å²) < 4.78 is 9.80. The standard InChI is InChI=1S/C14H20N4O3/c1-20-14(19)17-12-4-2-11(3-5-12)10-16-13(15)18-6-8-21-9-7-18/h2-5H,6-10H2,1H3,(H2,15,16)(H,17,19). The van der Waals surface area contributed by atoms with Crippen LogP contribution in [0.1, 0.15) is 5.56 Å². The number of nitrogens with one attached hydrogen (secondary N) is 1. The van der Waals surface area contributed by atoms with E-state index in [0.29, 0.717) is 31.4 Å². The molecule has 1 fully saturated rings. The molecule has 3 N–H and O–H groups in total. The predicted octanol–water partition coefficient (Wildman–Crippen LogP) is 1.01. The molecule has 1 heterocycles. The average molecular weight is 292 g/mol. The van der Waals surface area contributed by atoms with Crippen LogP contribution < -0.4 is 11.1 Å². The zero-order valence-corrected chi connectivity index (χ0v) is 12.0. The lowest BCUT2D eigenvalue weighted by Gasteiger charge is -2.27. The molecule has 1 saturated heterocycles. The molecular formula is C14H20N4O3. The quantitative estimate of drug-likeness (QED) is 0.641. The van der Waals surface area contributed by atoms with Gasteiger partial charge in [0.1, 0.15) is 0 Å². The van der Waals surface area contributed by atoms with Gasteiger partial charge >= 0.3 is 6.09 Å². The number of nitrogens with zero attached hydrogens (tertiary/aromatic N) is 2. The predicted molar refractivity (Wildman–Crippen MR) is 80.2 cm³/mol. The Morgan fingerprint density at radius 1 is 1.38 bits per heavy atom. The summed E-state index contributed by atoms with van der Waals surface area (Å²) in [5.74, 6) is 0.537. The Hall–Kier alpha value is -2.28. The molecule has 7 nitrogen and oxygen atoms in total. The smallest absolute Gasteiger partial charge is 0.411 e. The van der Waals surface area contributed by atoms with Gasteiger partial charge in [0.15, 0.2) is 5.96 Å². The molecule has 0 unspecified atom stereocenters. The number of anilines is 1. The highest BCUT2D eigenvalue weighted by atomic mass is 16.5. The van der Waals surface area contributed by atoms with E-state index >= 15 is 0 Å². The third kappa shape index (κ3) is 4.64. The van der Waals surface area contributed by atoms with Gasteiger partial charge in [0.2, 0.25) is 0 Å². The Bertz CT molecular complexity index is 495. The van der Waals surface area contributed by atoms with Gasteiger partial charge in [0, 0.05) is 18.8 Å². The lowest BCUT2D eigenvalue weighted by atomic mass is 10.2. The van der Waals surface area contributed by atoms with Crippen molar-refractivity contribution < 1.29 is 14.3 Å². The van der Waals surface area contributed by atoms with Gasteiger partial charge in [0.25, 0.3) is 0 Å². The second-order valence-electron chi connectivity index (χ2n) is 4.59. The number of carbonyl (C=O) groups excluding carboxylic acids is 1. The lowest BCUT2D eigenvalue weighted by molar-refractivity contribution is 0.0674. The van der Waals surface area contributed by atoms with Gasteiger partial charge in [-0.3, -0.25) is 5.32 Å². The van der Waals surface area contributed by atoms with Gasteiger partial charge in [-0.25, -0.2) is 9.79 Å². The van der Waals surface area contributed by atoms with Crippen molar-refractivity contribution >= 4 is 17.7 Å². The average Bonchev–Trinajstić information content (AvgIpc) is 2.54. The molecule has 0 aromatic heterocycles. The van der Waals surface area contributed by atoms with Crippen molar-refractivity contribution in [3.05, 3.63) is 29.8 Å². The van der Waals surface area contributed by atoms with Crippen molar-refractivity contribution in [2.24, 2.45) is 10.7 Å². The minimum Gasteiger partial charge on any atom is -0.453 e. The first kappa shape index (κ1) is 15.1. The van der Waals surface area contributed by atoms with E-state index in [1.807, 2.05) is 17.0 Å². The molecule has 1 aromatic carbocycles. The Balaban J connectivity index is 1.89. The zero-order chi connectivity index (χ0) is 15.1. The van der Waals surface area contributed by atoms with Crippen molar-refractivity contribution in [3.63, 3.8) is 0 Å². The number of amides is 1. The Kier molecular flexibility index (Phi) is 5.39. The minimum atomic E-state index is -0.489. The highest BCUT2D eigenvalue weighted by Crippen LogP contribution is 2.11. The third-order valence-corrected chi connectivity index (χ3v) is 3.14. The van der Waals surface area contributed by atoms with Crippen LogP contribution >= 0.6 is 0 Å². The SMILES string of the molecule is COC(=O)Nc1ccc(CN=C(N)N2CCOCC2)cc1. The van der Waals surface area contributed by atoms with Gasteiger partial charge in [0.05, 0.1) is 26.9 Å². The molecule has 0 atom stereocenters. The van der Waals surface area contributed by atoms with Gasteiger partial charge in [-0.05, 0) is 17.7 Å². The lowest BCUT2D eigenvalue weighted by Crippen LogP contribution is -2.44. The number of morpholine rings is 1. The highest BCUT2D eigenvalue weighted by Gasteiger charge is 2.11. The maximum Gasteiger partial charge on any atom is 0.411 e. The van der Waals surface area contributed by atoms with Gasteiger partial charge in [-0.2, -0.15) is 0 Å². The number of guanidine groups is 1. The van der Waals surface area contributed by atoms with Crippen LogP contribution in [-0.2, 0) is 16.0 Å². The monoisotopic (exact) mass is 292 g/mol. The number of benzene rings is 1. The van der Waals surface area contributed by atoms with E-state index < -0.39 is 6.09 Å². The molecule has 0 bridgehead atoms. The summed E-state index contributed by atoms with van der Waals surface area (Å²) in [7, 11) is 1.33. The molecule has 0 radical (unpaired) electrons. The highest BCUT2D eigenvalue weighted by molar-refractivity contribution is 5.84. The second kappa shape index (κ2) is 7.49. The zero-order valence-electron chi connectivity index (χ0n) is 12.0. The van der Waals surface area contributed by atoms with Crippen LogP contribution in [-0.4, -0.2) is 50.4 Å². The maximum absolute atomic E-state index is 11.1. The number of methoxy groups -OCH3 is 1. The molecule has 1 aliphatic rings. The number of hydrogen-bond donors (Lipinski definition) is 2. The summed E-state index contributed by atoms with van der Waals surface area (Å²) in [5, 5.41) is 2.59. The Morgan fingerprint density at radius 3 is 2.67 bits per heavy atom. The van der Waals surface area contributed by atoms with E-state index in [4.69, 9.17) is 10.5 Å². The van der Waals surface area contributed by atoms with E-state index in [-0.39, 0.29) is 0 Å². The summed E-state index contributed by atoms with van der Waals surface area (Å²) in [4.78, 5) is 17.5. The van der Waals surface area contributed by atoms with Crippen molar-refractivity contribution in [1.29, 1.82) is 0 Å². The van der Waals surface area contributed by atoms with Crippen LogP contribution in [0.25, 0.3) is 0 Å². The number of aliphatic imine (C=N–C) groups is 1. The summed E-state index contributed by atoms with van der Waals surface area (Å²) >= 11 is 0. The van der Waals surface area contributed by atoms with Crippen molar-refractivity contribution in [2.75, 3.05) is 38.7 Å². The number of nitrogens with two attached hydrogens (primary N) is 1. The first-order valence-electron chi connectivity index (χ1n) is 6.75. The summed E-state index contributed by atoms with van der Waals surface area (Å²) in [6.07, 6.45) is -0.489. The number of ether oxygens (including phenoxy) is 2. The molecule has 114 valence electrons. The molecule has 0 spiro atoms. The van der Waals surface area contributed by atoms with Crippen LogP contribution in [0.2, 0.25) is 0 Å². The number of hydrogen-bond acceptors (Lipinski definition) is 4. The van der Waals surface area contributed by atoms with Crippen LogP contribution in [0, 0.1) is 0 Å². The molecule has 1 amide bonds. The van der Waals surface area contributed by atoms with Crippen molar-refractivity contribution in [3.8, 4) is 0 Å². The fourth-order valence-corrected chi connectivity index (χ4v) is 1.93. The van der Waals surface area contributed by atoms with Gasteiger partial charge in [-0.1, -0.05) is 12.1 Å². The number of carbonyl (C=O) groups is 1. The van der Waals surface area contributed by atoms with Crippen LogP contribution in [0.5, 0.6) is 0 Å². The van der Waals surface area contributed by atoms with E-state index in [1.54, 1.807) is 12.1 Å². The molecule has 0 aliphatic carbocycles. The Labute approximate surface area is 123 Å². The first-order chi connectivity index (χ1) is 10.2. The van der Waals surface area contributed by atoms with Gasteiger partial charge in [-0.15, -0.1) is 0 Å². The van der Waals surface area contributed by atoms with Gasteiger partial charge < -0.3 is 20.1 Å². The fourth-order valence-electron chi connectivity index (χ4n) is 1.93. The molecule has 1 aliphatic heterocycles. The second-order valence-corrected chi connectivity index (χ2v) is 4.59. The van der Waals surface area contributed by atoms with Crippen molar-refractivity contribution in [1.82, 2.24) is 4.90 Å². The van der Waals surface area contributed by atoms with E-state index in [9.17, 15) is 4.79 Å². The molecule has 7 heteroatoms. The van der Waals surface area contributed by atoms with Crippen LogP contribution in [0.3, 0.4) is 0 Å². The normalized spacial score (nSPS) is 15.7. The number of rotatable bonds is 3. The summed E-state index contributed by atoms with van der Waals surface area (Å²) in [6, 6.07) is 7.38. The largest absolute Gasteiger partial charge is 0.453 e. The first-order valence-corrected chi connectivity index (χ1v) is 6.75. The molecule has 0 saturated carbocycles. The Morgan fingerprint density at radius 2 is 2.05 bits per heavy atom. The molecule has 2 rings (SSSR count).